The molecular formula is C26H35N9O4S. The first-order valence-corrected chi connectivity index (χ1v) is 14.1. The van der Waals surface area contributed by atoms with E-state index in [-0.39, 0.29) is 30.0 Å². The fraction of sp³-hybridized carbons (Fsp3) is 0.462. The lowest BCUT2D eigenvalue weighted by molar-refractivity contribution is -0.141. The van der Waals surface area contributed by atoms with Crippen LogP contribution in [0.2, 0.25) is 0 Å². The van der Waals surface area contributed by atoms with Gasteiger partial charge in [0.15, 0.2) is 11.0 Å². The van der Waals surface area contributed by atoms with Crippen molar-refractivity contribution >= 4 is 51.0 Å². The van der Waals surface area contributed by atoms with Crippen LogP contribution in [0.25, 0.3) is 10.2 Å². The summed E-state index contributed by atoms with van der Waals surface area (Å²) in [4.78, 5) is 58.4. The number of hydrogen-bond acceptors (Lipinski definition) is 9. The van der Waals surface area contributed by atoms with E-state index < -0.39 is 24.0 Å². The molecule has 214 valence electrons. The SMILES string of the molecule is CC(=O)N[C@@H](CC1=CNCN1)C(=O)N1CCC[C@H]1C(=O)NC(CCCNC(=N)N)C(=O)c1nc2ccccc2s1. The Balaban J connectivity index is 1.48. The van der Waals surface area contributed by atoms with Gasteiger partial charge in [-0.25, -0.2) is 4.98 Å². The highest BCUT2D eigenvalue weighted by molar-refractivity contribution is 7.20. The molecule has 3 heterocycles. The number of carbonyl (C=O) groups excluding carboxylic acids is 4. The van der Waals surface area contributed by atoms with Crippen molar-refractivity contribution in [2.75, 3.05) is 19.8 Å². The Hall–Kier alpha value is -4.20. The van der Waals surface area contributed by atoms with Crippen molar-refractivity contribution in [3.05, 3.63) is 41.2 Å². The number of nitrogens with two attached hydrogens (primary N) is 1. The zero-order chi connectivity index (χ0) is 28.6. The van der Waals surface area contributed by atoms with Crippen LogP contribution in [0.3, 0.4) is 0 Å². The number of ketones is 1. The maximum absolute atomic E-state index is 13.5. The van der Waals surface area contributed by atoms with Gasteiger partial charge in [-0.1, -0.05) is 12.1 Å². The molecule has 1 aromatic carbocycles. The third kappa shape index (κ3) is 7.25. The van der Waals surface area contributed by atoms with Crippen LogP contribution < -0.4 is 32.3 Å². The van der Waals surface area contributed by atoms with Crippen LogP contribution in [0, 0.1) is 5.41 Å². The number of guanidine groups is 1. The number of rotatable bonds is 12. The second-order valence-corrected chi connectivity index (χ2v) is 10.8. The molecule has 1 aromatic heterocycles. The average Bonchev–Trinajstić information content (AvgIpc) is 3.69. The third-order valence-corrected chi connectivity index (χ3v) is 7.81. The highest BCUT2D eigenvalue weighted by atomic mass is 32.1. The summed E-state index contributed by atoms with van der Waals surface area (Å²) in [6.07, 6.45) is 3.85. The summed E-state index contributed by atoms with van der Waals surface area (Å²) in [6.45, 7) is 2.62. The summed E-state index contributed by atoms with van der Waals surface area (Å²) in [7, 11) is 0. The number of nitrogens with zero attached hydrogens (tertiary/aromatic N) is 2. The Kier molecular flexibility index (Phi) is 9.53. The Morgan fingerprint density at radius 3 is 2.73 bits per heavy atom. The van der Waals surface area contributed by atoms with Gasteiger partial charge in [0.25, 0.3) is 0 Å². The summed E-state index contributed by atoms with van der Waals surface area (Å²) in [5.74, 6) is -1.60. The van der Waals surface area contributed by atoms with Crippen LogP contribution >= 0.6 is 11.3 Å². The van der Waals surface area contributed by atoms with Crippen LogP contribution in [0.1, 0.15) is 48.8 Å². The van der Waals surface area contributed by atoms with E-state index in [1.165, 1.54) is 23.2 Å². The molecule has 2 aromatic rings. The van der Waals surface area contributed by atoms with Gasteiger partial charge in [0.05, 0.1) is 22.9 Å². The molecule has 0 radical (unpaired) electrons. The Morgan fingerprint density at radius 1 is 1.23 bits per heavy atom. The molecule has 0 saturated carbocycles. The van der Waals surface area contributed by atoms with E-state index in [0.717, 1.165) is 10.4 Å². The normalized spacial score (nSPS) is 17.8. The Bertz CT molecular complexity index is 1280. The predicted octanol–water partition coefficient (Wildman–Crippen LogP) is 0.105. The molecule has 13 nitrogen and oxygen atoms in total. The highest BCUT2D eigenvalue weighted by Crippen LogP contribution is 2.24. The summed E-state index contributed by atoms with van der Waals surface area (Å²) in [5.41, 5.74) is 6.86. The van der Waals surface area contributed by atoms with E-state index in [1.54, 1.807) is 6.20 Å². The van der Waals surface area contributed by atoms with Crippen LogP contribution in [0.4, 0.5) is 0 Å². The monoisotopic (exact) mass is 569 g/mol. The van der Waals surface area contributed by atoms with Crippen molar-refractivity contribution in [3.8, 4) is 0 Å². The fourth-order valence-electron chi connectivity index (χ4n) is 4.88. The van der Waals surface area contributed by atoms with Crippen molar-refractivity contribution in [1.29, 1.82) is 5.41 Å². The van der Waals surface area contributed by atoms with Crippen molar-refractivity contribution in [3.63, 3.8) is 0 Å². The summed E-state index contributed by atoms with van der Waals surface area (Å²) in [5, 5.41) is 22.1. The molecule has 1 saturated heterocycles. The fourth-order valence-corrected chi connectivity index (χ4v) is 5.84. The Labute approximate surface area is 235 Å². The minimum Gasteiger partial charge on any atom is -0.372 e. The molecule has 1 unspecified atom stereocenters. The van der Waals surface area contributed by atoms with Crippen LogP contribution in [0.15, 0.2) is 36.2 Å². The van der Waals surface area contributed by atoms with Crippen LogP contribution in [-0.2, 0) is 14.4 Å². The van der Waals surface area contributed by atoms with Gasteiger partial charge >= 0.3 is 0 Å². The number of aromatic nitrogens is 1. The molecule has 3 atom stereocenters. The van der Waals surface area contributed by atoms with Gasteiger partial charge in [0.1, 0.15) is 12.1 Å². The molecule has 4 rings (SSSR count). The summed E-state index contributed by atoms with van der Waals surface area (Å²) in [6, 6.07) is 4.96. The van der Waals surface area contributed by atoms with Gasteiger partial charge in [-0.15, -0.1) is 11.3 Å². The van der Waals surface area contributed by atoms with Crippen molar-refractivity contribution in [2.24, 2.45) is 5.73 Å². The second-order valence-electron chi connectivity index (χ2n) is 9.77. The number of thiazole rings is 1. The van der Waals surface area contributed by atoms with E-state index in [2.05, 4.69) is 31.6 Å². The molecule has 3 amide bonds. The number of hydrogen-bond donors (Lipinski definition) is 7. The highest BCUT2D eigenvalue weighted by Gasteiger charge is 2.39. The number of carbonyl (C=O) groups is 4. The van der Waals surface area contributed by atoms with Gasteiger partial charge in [0, 0.05) is 38.3 Å². The maximum Gasteiger partial charge on any atom is 0.246 e. The van der Waals surface area contributed by atoms with Gasteiger partial charge in [-0.3, -0.25) is 24.6 Å². The van der Waals surface area contributed by atoms with Crippen molar-refractivity contribution in [1.82, 2.24) is 36.5 Å². The van der Waals surface area contributed by atoms with E-state index in [9.17, 15) is 19.2 Å². The summed E-state index contributed by atoms with van der Waals surface area (Å²) < 4.78 is 0.868. The van der Waals surface area contributed by atoms with Gasteiger partial charge in [-0.05, 0) is 37.8 Å². The summed E-state index contributed by atoms with van der Waals surface area (Å²) >= 11 is 1.26. The molecule has 0 bridgehead atoms. The van der Waals surface area contributed by atoms with Gasteiger partial charge in [-0.2, -0.15) is 0 Å². The van der Waals surface area contributed by atoms with E-state index >= 15 is 0 Å². The lowest BCUT2D eigenvalue weighted by Gasteiger charge is -2.29. The van der Waals surface area contributed by atoms with Gasteiger partial charge < -0.3 is 37.2 Å². The minimum absolute atomic E-state index is 0.175. The number of fused-ring (bicyclic) bond motifs is 1. The standard InChI is InChI=1S/C26H35N9O4S/c1-15(36)32-19(12-16-13-29-14-31-16)25(39)35-11-5-8-20(35)23(38)33-18(7-4-10-30-26(27)28)22(37)24-34-17-6-2-3-9-21(17)40-24/h2-3,6,9,13,18-20,29,31H,4-5,7-8,10-12,14H2,1H3,(H,32,36)(H,33,38)(H4,27,28,30)/t18?,19-,20-/m0/s1. The number of para-hydroxylation sites is 1. The molecule has 14 heteroatoms. The zero-order valence-corrected chi connectivity index (χ0v) is 23.1. The molecule has 0 aliphatic carbocycles. The predicted molar refractivity (Wildman–Crippen MR) is 151 cm³/mol. The van der Waals surface area contributed by atoms with E-state index in [1.807, 2.05) is 24.3 Å². The minimum atomic E-state index is -0.871. The molecule has 1 fully saturated rings. The molecule has 2 aliphatic heterocycles. The average molecular weight is 570 g/mol. The lowest BCUT2D eigenvalue weighted by Crippen LogP contribution is -2.55. The first-order chi connectivity index (χ1) is 19.2. The number of likely N-dealkylation sites (tertiary alicyclic amines) is 1. The number of Topliss-reactive ketones (excluding diaryl/α,β-unsaturated/α-hetero) is 1. The quantitative estimate of drug-likeness (QED) is 0.0803. The van der Waals surface area contributed by atoms with Gasteiger partial charge in [0.2, 0.25) is 23.5 Å². The number of benzene rings is 1. The zero-order valence-electron chi connectivity index (χ0n) is 22.3. The molecular weight excluding hydrogens is 534 g/mol. The van der Waals surface area contributed by atoms with Crippen LogP contribution in [0.5, 0.6) is 0 Å². The van der Waals surface area contributed by atoms with E-state index in [4.69, 9.17) is 11.1 Å². The van der Waals surface area contributed by atoms with E-state index in [0.29, 0.717) is 56.0 Å². The van der Waals surface area contributed by atoms with Crippen molar-refractivity contribution in [2.45, 2.75) is 57.2 Å². The maximum atomic E-state index is 13.5. The van der Waals surface area contributed by atoms with Crippen molar-refractivity contribution < 1.29 is 19.2 Å². The number of nitrogens with one attached hydrogen (secondary N) is 6. The smallest absolute Gasteiger partial charge is 0.246 e. The first kappa shape index (κ1) is 28.8. The number of amides is 3. The van der Waals surface area contributed by atoms with Crippen LogP contribution in [-0.4, -0.2) is 77.2 Å². The molecule has 8 N–H and O–H groups in total. The largest absolute Gasteiger partial charge is 0.372 e. The molecule has 2 aliphatic rings. The molecule has 0 spiro atoms. The topological polar surface area (TPSA) is 194 Å². The molecule has 40 heavy (non-hydrogen) atoms. The Morgan fingerprint density at radius 2 is 2.02 bits per heavy atom. The first-order valence-electron chi connectivity index (χ1n) is 13.2. The third-order valence-electron chi connectivity index (χ3n) is 6.75. The second kappa shape index (κ2) is 13.2. The lowest BCUT2D eigenvalue weighted by atomic mass is 10.0.